The fourth-order valence-corrected chi connectivity index (χ4v) is 2.27. The highest BCUT2D eigenvalue weighted by Crippen LogP contribution is 2.19. The van der Waals surface area contributed by atoms with Crippen LogP contribution in [0.5, 0.6) is 5.75 Å². The van der Waals surface area contributed by atoms with Crippen molar-refractivity contribution in [3.63, 3.8) is 0 Å². The number of benzene rings is 1. The second kappa shape index (κ2) is 5.98. The van der Waals surface area contributed by atoms with E-state index in [1.54, 1.807) is 0 Å². The molecule has 1 atom stereocenters. The number of carbonyl (C=O) groups is 1. The molecular weight excluding hydrogens is 228 g/mol. The molecule has 1 heterocycles. The van der Waals surface area contributed by atoms with E-state index in [1.165, 1.54) is 0 Å². The van der Waals surface area contributed by atoms with Gasteiger partial charge in [-0.1, -0.05) is 12.1 Å². The van der Waals surface area contributed by atoms with Crippen molar-refractivity contribution < 1.29 is 9.53 Å². The third-order valence-corrected chi connectivity index (χ3v) is 3.16. The quantitative estimate of drug-likeness (QED) is 0.798. The number of ketones is 1. The Morgan fingerprint density at radius 2 is 2.28 bits per heavy atom. The van der Waals surface area contributed by atoms with Gasteiger partial charge in [0.1, 0.15) is 5.75 Å². The zero-order valence-electron chi connectivity index (χ0n) is 10.8. The number of hydrogen-bond donors (Lipinski definition) is 1. The number of carbonyl (C=O) groups excluding carboxylic acids is 1. The van der Waals surface area contributed by atoms with Gasteiger partial charge in [0, 0.05) is 19.1 Å². The minimum atomic E-state index is 0.105. The topological polar surface area (TPSA) is 55.6 Å². The minimum absolute atomic E-state index is 0.105. The van der Waals surface area contributed by atoms with E-state index < -0.39 is 0 Å². The Kier molecular flexibility index (Phi) is 4.33. The van der Waals surface area contributed by atoms with Gasteiger partial charge >= 0.3 is 0 Å². The summed E-state index contributed by atoms with van der Waals surface area (Å²) in [6, 6.07) is 7.62. The smallest absolute Gasteiger partial charge is 0.180 e. The third-order valence-electron chi connectivity index (χ3n) is 3.16. The summed E-state index contributed by atoms with van der Waals surface area (Å²) >= 11 is 0. The highest BCUT2D eigenvalue weighted by molar-refractivity contribution is 6.00. The number of hydrogen-bond acceptors (Lipinski definition) is 4. The van der Waals surface area contributed by atoms with Crippen LogP contribution in [0.2, 0.25) is 0 Å². The average molecular weight is 248 g/mol. The van der Waals surface area contributed by atoms with Crippen molar-refractivity contribution in [2.75, 3.05) is 26.2 Å². The van der Waals surface area contributed by atoms with Gasteiger partial charge in [-0.3, -0.25) is 9.69 Å². The van der Waals surface area contributed by atoms with Crippen molar-refractivity contribution in [2.45, 2.75) is 19.4 Å². The van der Waals surface area contributed by atoms with Gasteiger partial charge in [0.2, 0.25) is 0 Å². The maximum atomic E-state index is 12.2. The van der Waals surface area contributed by atoms with Crippen LogP contribution in [-0.2, 0) is 0 Å². The van der Waals surface area contributed by atoms with Crippen molar-refractivity contribution in [3.8, 4) is 5.75 Å². The first-order valence-electron chi connectivity index (χ1n) is 6.43. The predicted octanol–water partition coefficient (Wildman–Crippen LogP) is 1.30. The van der Waals surface area contributed by atoms with E-state index in [0.29, 0.717) is 24.5 Å². The number of para-hydroxylation sites is 1. The van der Waals surface area contributed by atoms with Gasteiger partial charge in [0.15, 0.2) is 5.78 Å². The van der Waals surface area contributed by atoms with Crippen LogP contribution in [0.15, 0.2) is 24.3 Å². The maximum Gasteiger partial charge on any atom is 0.180 e. The van der Waals surface area contributed by atoms with Crippen molar-refractivity contribution in [2.24, 2.45) is 5.73 Å². The molecule has 4 heteroatoms. The van der Waals surface area contributed by atoms with E-state index in [1.807, 2.05) is 31.2 Å². The Balaban J connectivity index is 2.04. The molecule has 18 heavy (non-hydrogen) atoms. The second-order valence-corrected chi connectivity index (χ2v) is 4.64. The van der Waals surface area contributed by atoms with Gasteiger partial charge in [-0.05, 0) is 25.5 Å². The number of likely N-dealkylation sites (tertiary alicyclic amines) is 1. The molecule has 1 aromatic carbocycles. The summed E-state index contributed by atoms with van der Waals surface area (Å²) in [7, 11) is 0. The number of nitrogens with two attached hydrogens (primary N) is 1. The molecule has 0 saturated carbocycles. The first kappa shape index (κ1) is 13.1. The number of nitrogens with zero attached hydrogens (tertiary/aromatic N) is 1. The summed E-state index contributed by atoms with van der Waals surface area (Å²) in [5.41, 5.74) is 6.51. The van der Waals surface area contributed by atoms with E-state index in [4.69, 9.17) is 10.5 Å². The van der Waals surface area contributed by atoms with Crippen molar-refractivity contribution in [1.29, 1.82) is 0 Å². The predicted molar refractivity (Wildman–Crippen MR) is 71.0 cm³/mol. The highest BCUT2D eigenvalue weighted by atomic mass is 16.5. The van der Waals surface area contributed by atoms with E-state index in [2.05, 4.69) is 4.90 Å². The zero-order chi connectivity index (χ0) is 13.0. The minimum Gasteiger partial charge on any atom is -0.493 e. The van der Waals surface area contributed by atoms with Crippen molar-refractivity contribution >= 4 is 5.78 Å². The molecule has 0 radical (unpaired) electrons. The largest absolute Gasteiger partial charge is 0.493 e. The second-order valence-electron chi connectivity index (χ2n) is 4.64. The van der Waals surface area contributed by atoms with Gasteiger partial charge in [-0.15, -0.1) is 0 Å². The molecule has 2 N–H and O–H groups in total. The summed E-state index contributed by atoms with van der Waals surface area (Å²) in [4.78, 5) is 14.3. The van der Waals surface area contributed by atoms with Gasteiger partial charge in [-0.2, -0.15) is 0 Å². The standard InChI is InChI=1S/C14H20N2O2/c1-2-18-14-6-4-3-5-12(14)13(17)10-16-8-7-11(15)9-16/h3-6,11H,2,7-10,15H2,1H3. The molecule has 1 saturated heterocycles. The van der Waals surface area contributed by atoms with Crippen LogP contribution in [0.3, 0.4) is 0 Å². The van der Waals surface area contributed by atoms with Crippen LogP contribution < -0.4 is 10.5 Å². The molecule has 2 rings (SSSR count). The van der Waals surface area contributed by atoms with Crippen LogP contribution in [0.1, 0.15) is 23.7 Å². The van der Waals surface area contributed by atoms with E-state index in [-0.39, 0.29) is 11.8 Å². The molecule has 0 aliphatic carbocycles. The lowest BCUT2D eigenvalue weighted by Crippen LogP contribution is -2.31. The summed E-state index contributed by atoms with van der Waals surface area (Å²) in [5.74, 6) is 0.779. The molecule has 0 amide bonds. The van der Waals surface area contributed by atoms with Gasteiger partial charge in [0.05, 0.1) is 18.7 Å². The van der Waals surface area contributed by atoms with Crippen molar-refractivity contribution in [1.82, 2.24) is 4.90 Å². The van der Waals surface area contributed by atoms with E-state index in [9.17, 15) is 4.79 Å². The van der Waals surface area contributed by atoms with Crippen LogP contribution in [0, 0.1) is 0 Å². The number of Topliss-reactive ketones (excluding diaryl/α,β-unsaturated/α-hetero) is 1. The molecule has 1 aliphatic heterocycles. The Morgan fingerprint density at radius 3 is 2.94 bits per heavy atom. The Labute approximate surface area is 108 Å². The molecule has 4 nitrogen and oxygen atoms in total. The van der Waals surface area contributed by atoms with Crippen LogP contribution in [0.4, 0.5) is 0 Å². The van der Waals surface area contributed by atoms with Crippen molar-refractivity contribution in [3.05, 3.63) is 29.8 Å². The average Bonchev–Trinajstić information content (AvgIpc) is 2.76. The number of ether oxygens (including phenoxy) is 1. The first-order chi connectivity index (χ1) is 8.70. The van der Waals surface area contributed by atoms with Crippen LogP contribution in [-0.4, -0.2) is 43.0 Å². The summed E-state index contributed by atoms with van der Waals surface area (Å²) in [6.45, 7) is 4.63. The molecule has 1 unspecified atom stereocenters. The molecule has 1 aliphatic rings. The first-order valence-corrected chi connectivity index (χ1v) is 6.43. The fourth-order valence-electron chi connectivity index (χ4n) is 2.27. The van der Waals surface area contributed by atoms with Gasteiger partial charge < -0.3 is 10.5 Å². The molecule has 1 aromatic rings. The zero-order valence-corrected chi connectivity index (χ0v) is 10.8. The monoisotopic (exact) mass is 248 g/mol. The van der Waals surface area contributed by atoms with E-state index >= 15 is 0 Å². The normalized spacial score (nSPS) is 20.0. The van der Waals surface area contributed by atoms with Crippen LogP contribution in [0.25, 0.3) is 0 Å². The summed E-state index contributed by atoms with van der Waals surface area (Å²) < 4.78 is 5.48. The molecule has 0 spiro atoms. The summed E-state index contributed by atoms with van der Waals surface area (Å²) in [6.07, 6.45) is 0.973. The van der Waals surface area contributed by atoms with Crippen LogP contribution >= 0.6 is 0 Å². The fraction of sp³-hybridized carbons (Fsp3) is 0.500. The summed E-state index contributed by atoms with van der Waals surface area (Å²) in [5, 5.41) is 0. The molecular formula is C14H20N2O2. The van der Waals surface area contributed by atoms with Gasteiger partial charge in [-0.25, -0.2) is 0 Å². The third kappa shape index (κ3) is 3.09. The lowest BCUT2D eigenvalue weighted by molar-refractivity contribution is 0.0941. The number of rotatable bonds is 5. The molecule has 98 valence electrons. The Morgan fingerprint density at radius 1 is 1.50 bits per heavy atom. The lowest BCUT2D eigenvalue weighted by atomic mass is 10.1. The molecule has 0 bridgehead atoms. The lowest BCUT2D eigenvalue weighted by Gasteiger charge is -2.15. The molecule has 0 aromatic heterocycles. The Hall–Kier alpha value is -1.39. The van der Waals surface area contributed by atoms with Gasteiger partial charge in [0.25, 0.3) is 0 Å². The van der Waals surface area contributed by atoms with E-state index in [0.717, 1.165) is 19.5 Å². The maximum absolute atomic E-state index is 12.2. The molecule has 1 fully saturated rings. The Bertz CT molecular complexity index is 420. The highest BCUT2D eigenvalue weighted by Gasteiger charge is 2.22. The SMILES string of the molecule is CCOc1ccccc1C(=O)CN1CCC(N)C1.